The Balaban J connectivity index is 1.88. The minimum absolute atomic E-state index is 0.295. The van der Waals surface area contributed by atoms with Gasteiger partial charge in [0.25, 0.3) is 0 Å². The maximum Gasteiger partial charge on any atom is 0.247 e. The van der Waals surface area contributed by atoms with Gasteiger partial charge in [-0.15, -0.1) is 0 Å². The first-order valence-corrected chi connectivity index (χ1v) is 9.15. The van der Waals surface area contributed by atoms with Crippen LogP contribution in [-0.4, -0.2) is 17.1 Å². The van der Waals surface area contributed by atoms with E-state index < -0.39 is 0 Å². The molecule has 0 saturated heterocycles. The Morgan fingerprint density at radius 2 is 1.93 bits per heavy atom. The number of hydrogen-bond donors (Lipinski definition) is 2. The number of aromatic nitrogens is 1. The number of carbonyl (C=O) groups excluding carboxylic acids is 1. The van der Waals surface area contributed by atoms with Crippen LogP contribution in [0.3, 0.4) is 0 Å². The fourth-order valence-corrected chi connectivity index (χ4v) is 2.76. The molecule has 0 unspecified atom stereocenters. The Bertz CT molecular complexity index is 1040. The lowest BCUT2D eigenvalue weighted by atomic mass is 10.00. The summed E-state index contributed by atoms with van der Waals surface area (Å²) < 4.78 is 0. The van der Waals surface area contributed by atoms with Gasteiger partial charge in [0.15, 0.2) is 0 Å². The first kappa shape index (κ1) is 19.8. The second-order valence-corrected chi connectivity index (χ2v) is 6.29. The van der Waals surface area contributed by atoms with Crippen LogP contribution in [-0.2, 0) is 11.3 Å². The SMILES string of the molecule is C=CC(=O)Nc1ccc(-c2ccccc2)cc1/C(N)=C/C=NCc1cccnc1. The highest BCUT2D eigenvalue weighted by Crippen LogP contribution is 2.28. The number of anilines is 1. The van der Waals surface area contributed by atoms with Gasteiger partial charge in [-0.25, -0.2) is 0 Å². The van der Waals surface area contributed by atoms with Crippen molar-refractivity contribution in [1.29, 1.82) is 0 Å². The zero-order valence-electron chi connectivity index (χ0n) is 16.0. The van der Waals surface area contributed by atoms with Crippen LogP contribution in [0.15, 0.2) is 96.8 Å². The summed E-state index contributed by atoms with van der Waals surface area (Å²) in [5.74, 6) is -0.295. The molecule has 0 aliphatic rings. The summed E-state index contributed by atoms with van der Waals surface area (Å²) >= 11 is 0. The predicted octanol–water partition coefficient (Wildman–Crippen LogP) is 4.44. The first-order chi connectivity index (χ1) is 14.2. The van der Waals surface area contributed by atoms with E-state index >= 15 is 0 Å². The zero-order chi connectivity index (χ0) is 20.5. The van der Waals surface area contributed by atoms with Crippen LogP contribution in [0.25, 0.3) is 16.8 Å². The molecule has 0 aliphatic carbocycles. The van der Waals surface area contributed by atoms with E-state index in [2.05, 4.69) is 21.9 Å². The van der Waals surface area contributed by atoms with Gasteiger partial charge in [0.2, 0.25) is 5.91 Å². The average molecular weight is 382 g/mol. The van der Waals surface area contributed by atoms with Gasteiger partial charge >= 0.3 is 0 Å². The normalized spacial score (nSPS) is 11.4. The Morgan fingerprint density at radius 3 is 2.66 bits per heavy atom. The van der Waals surface area contributed by atoms with E-state index in [1.165, 1.54) is 6.08 Å². The average Bonchev–Trinajstić information content (AvgIpc) is 2.78. The van der Waals surface area contributed by atoms with Crippen LogP contribution in [0.2, 0.25) is 0 Å². The van der Waals surface area contributed by atoms with E-state index in [1.54, 1.807) is 24.7 Å². The number of rotatable bonds is 7. The molecule has 3 N–H and O–H groups in total. The number of pyridine rings is 1. The van der Waals surface area contributed by atoms with Gasteiger partial charge in [0, 0.05) is 29.9 Å². The van der Waals surface area contributed by atoms with Crippen molar-refractivity contribution < 1.29 is 4.79 Å². The molecule has 1 amide bonds. The molecule has 29 heavy (non-hydrogen) atoms. The quantitative estimate of drug-likeness (QED) is 0.468. The van der Waals surface area contributed by atoms with E-state index in [9.17, 15) is 4.79 Å². The van der Waals surface area contributed by atoms with Crippen LogP contribution >= 0.6 is 0 Å². The highest BCUT2D eigenvalue weighted by molar-refractivity contribution is 6.01. The topological polar surface area (TPSA) is 80.4 Å². The molecular weight excluding hydrogens is 360 g/mol. The number of hydrogen-bond acceptors (Lipinski definition) is 4. The number of nitrogens with one attached hydrogen (secondary N) is 1. The fourth-order valence-electron chi connectivity index (χ4n) is 2.76. The van der Waals surface area contributed by atoms with E-state index in [1.807, 2.05) is 60.7 Å². The van der Waals surface area contributed by atoms with Gasteiger partial charge in [-0.3, -0.25) is 14.8 Å². The van der Waals surface area contributed by atoms with Crippen LogP contribution in [0.1, 0.15) is 11.1 Å². The molecule has 3 rings (SSSR count). The fraction of sp³-hybridized carbons (Fsp3) is 0.0417. The van der Waals surface area contributed by atoms with Gasteiger partial charge in [0.1, 0.15) is 0 Å². The number of nitrogens with zero attached hydrogens (tertiary/aromatic N) is 2. The molecule has 0 radical (unpaired) electrons. The van der Waals surface area contributed by atoms with Gasteiger partial charge < -0.3 is 11.1 Å². The molecule has 5 nitrogen and oxygen atoms in total. The summed E-state index contributed by atoms with van der Waals surface area (Å²) in [5.41, 5.74) is 11.2. The van der Waals surface area contributed by atoms with Crippen molar-refractivity contribution in [3.05, 3.63) is 103 Å². The van der Waals surface area contributed by atoms with Crippen molar-refractivity contribution in [1.82, 2.24) is 4.98 Å². The van der Waals surface area contributed by atoms with Gasteiger partial charge in [-0.2, -0.15) is 0 Å². The molecule has 144 valence electrons. The van der Waals surface area contributed by atoms with E-state index in [-0.39, 0.29) is 5.91 Å². The number of allylic oxidation sites excluding steroid dienone is 1. The molecule has 1 heterocycles. The van der Waals surface area contributed by atoms with E-state index in [4.69, 9.17) is 5.73 Å². The smallest absolute Gasteiger partial charge is 0.247 e. The Kier molecular flexibility index (Phi) is 6.68. The second kappa shape index (κ2) is 9.80. The molecular formula is C24H22N4O. The number of benzene rings is 2. The van der Waals surface area contributed by atoms with Gasteiger partial charge in [-0.05, 0) is 47.0 Å². The third-order valence-corrected chi connectivity index (χ3v) is 4.24. The molecule has 0 saturated carbocycles. The third kappa shape index (κ3) is 5.49. The number of carbonyl (C=O) groups is 1. The number of amides is 1. The summed E-state index contributed by atoms with van der Waals surface area (Å²) in [6.07, 6.45) is 8.12. The monoisotopic (exact) mass is 382 g/mol. The third-order valence-electron chi connectivity index (χ3n) is 4.24. The van der Waals surface area contributed by atoms with E-state index in [0.717, 1.165) is 22.3 Å². The van der Waals surface area contributed by atoms with Crippen LogP contribution < -0.4 is 11.1 Å². The highest BCUT2D eigenvalue weighted by Gasteiger charge is 2.09. The minimum atomic E-state index is -0.295. The lowest BCUT2D eigenvalue weighted by molar-refractivity contribution is -0.111. The number of aliphatic imine (C=N–C) groups is 1. The molecule has 0 bridgehead atoms. The summed E-state index contributed by atoms with van der Waals surface area (Å²) in [7, 11) is 0. The largest absolute Gasteiger partial charge is 0.398 e. The molecule has 1 aromatic heterocycles. The molecule has 0 aliphatic heterocycles. The standard InChI is InChI=1S/C24H22N4O/c1-2-24(29)28-23-11-10-20(19-8-4-3-5-9-19)15-21(23)22(25)12-14-27-17-18-7-6-13-26-16-18/h2-16H,1,17,25H2,(H,28,29)/b22-12-,27-14?. The van der Waals surface area contributed by atoms with Crippen LogP contribution in [0.4, 0.5) is 5.69 Å². The number of nitrogens with two attached hydrogens (primary N) is 1. The minimum Gasteiger partial charge on any atom is -0.398 e. The molecule has 2 aromatic carbocycles. The van der Waals surface area contributed by atoms with Crippen molar-refractivity contribution in [2.24, 2.45) is 10.7 Å². The van der Waals surface area contributed by atoms with Gasteiger partial charge in [0.05, 0.1) is 12.2 Å². The molecule has 5 heteroatoms. The lowest BCUT2D eigenvalue weighted by Gasteiger charge is -2.13. The molecule has 0 spiro atoms. The highest BCUT2D eigenvalue weighted by atomic mass is 16.1. The molecule has 0 fully saturated rings. The molecule has 3 aromatic rings. The Labute approximate surface area is 170 Å². The van der Waals surface area contributed by atoms with Crippen LogP contribution in [0.5, 0.6) is 0 Å². The maximum absolute atomic E-state index is 11.8. The second-order valence-electron chi connectivity index (χ2n) is 6.29. The lowest BCUT2D eigenvalue weighted by Crippen LogP contribution is -2.11. The van der Waals surface area contributed by atoms with Gasteiger partial charge in [-0.1, -0.05) is 49.0 Å². The van der Waals surface area contributed by atoms with Crippen molar-refractivity contribution in [2.75, 3.05) is 5.32 Å². The van der Waals surface area contributed by atoms with Crippen molar-refractivity contribution in [3.8, 4) is 11.1 Å². The summed E-state index contributed by atoms with van der Waals surface area (Å²) in [6, 6.07) is 19.5. The zero-order valence-corrected chi connectivity index (χ0v) is 16.0. The van der Waals surface area contributed by atoms with Crippen LogP contribution in [0, 0.1) is 0 Å². The summed E-state index contributed by atoms with van der Waals surface area (Å²) in [6.45, 7) is 4.02. The van der Waals surface area contributed by atoms with Crippen molar-refractivity contribution in [2.45, 2.75) is 6.54 Å². The maximum atomic E-state index is 11.8. The molecule has 0 atom stereocenters. The van der Waals surface area contributed by atoms with E-state index in [0.29, 0.717) is 17.9 Å². The Hall–Kier alpha value is -3.99. The summed E-state index contributed by atoms with van der Waals surface area (Å²) in [5, 5.41) is 2.81. The van der Waals surface area contributed by atoms with Crippen molar-refractivity contribution >= 4 is 23.5 Å². The van der Waals surface area contributed by atoms with Crippen molar-refractivity contribution in [3.63, 3.8) is 0 Å². The summed E-state index contributed by atoms with van der Waals surface area (Å²) in [4.78, 5) is 20.2. The first-order valence-electron chi connectivity index (χ1n) is 9.15. The Morgan fingerprint density at radius 1 is 1.10 bits per heavy atom. The predicted molar refractivity (Wildman–Crippen MR) is 119 cm³/mol.